The Morgan fingerprint density at radius 1 is 0.781 bits per heavy atom. The first-order chi connectivity index (χ1) is 14.2. The summed E-state index contributed by atoms with van der Waals surface area (Å²) in [6.45, 7) is 30.8. The molecule has 2 N–H and O–H groups in total. The molecule has 0 aliphatic heterocycles. The summed E-state index contributed by atoms with van der Waals surface area (Å²) >= 11 is 0. The van der Waals surface area contributed by atoms with E-state index in [1.165, 1.54) is 12.8 Å². The number of amides is 1. The molecule has 0 aromatic carbocycles. The van der Waals surface area contributed by atoms with Crippen molar-refractivity contribution in [3.8, 4) is 0 Å². The van der Waals surface area contributed by atoms with E-state index in [-0.39, 0.29) is 18.3 Å². The fraction of sp³-hybridized carbons (Fsp3) is 0.929. The van der Waals surface area contributed by atoms with Gasteiger partial charge in [0.15, 0.2) is 0 Å². The molecule has 1 amide bonds. The van der Waals surface area contributed by atoms with Crippen molar-refractivity contribution in [2.45, 2.75) is 135 Å². The van der Waals surface area contributed by atoms with Crippen LogP contribution in [0.4, 0.5) is 0 Å². The fourth-order valence-corrected chi connectivity index (χ4v) is 4.42. The molecule has 0 atom stereocenters. The van der Waals surface area contributed by atoms with Crippen LogP contribution in [-0.2, 0) is 9.59 Å². The predicted molar refractivity (Wildman–Crippen MR) is 141 cm³/mol. The molecular weight excluding hydrogens is 398 g/mol. The minimum atomic E-state index is -0.623. The SMILES string of the molecule is CC.CC(=O)C(C)(C)CC(C)(C)C(=O)NC(C)(C)CCO.CC(C)CC(C)(C)CC(C)C. The lowest BCUT2D eigenvalue weighted by atomic mass is 9.72. The Labute approximate surface area is 201 Å². The van der Waals surface area contributed by atoms with Crippen molar-refractivity contribution in [1.29, 1.82) is 0 Å². The summed E-state index contributed by atoms with van der Waals surface area (Å²) in [6.07, 6.45) is 3.71. The van der Waals surface area contributed by atoms with Gasteiger partial charge in [0.05, 0.1) is 0 Å². The quantitative estimate of drug-likeness (QED) is 0.339. The van der Waals surface area contributed by atoms with Crippen molar-refractivity contribution < 1.29 is 14.7 Å². The van der Waals surface area contributed by atoms with E-state index in [1.54, 1.807) is 6.92 Å². The second-order valence-corrected chi connectivity index (χ2v) is 12.7. The van der Waals surface area contributed by atoms with Crippen LogP contribution in [0.5, 0.6) is 0 Å². The molecule has 0 rings (SSSR count). The first kappa shape index (κ1) is 35.7. The average Bonchev–Trinajstić information content (AvgIpc) is 2.52. The molecule has 32 heavy (non-hydrogen) atoms. The van der Waals surface area contributed by atoms with Crippen LogP contribution in [-0.4, -0.2) is 28.9 Å². The van der Waals surface area contributed by atoms with Crippen LogP contribution < -0.4 is 5.32 Å². The van der Waals surface area contributed by atoms with Crippen molar-refractivity contribution in [3.05, 3.63) is 0 Å². The minimum absolute atomic E-state index is 0.0344. The van der Waals surface area contributed by atoms with E-state index in [0.717, 1.165) is 11.8 Å². The van der Waals surface area contributed by atoms with Gasteiger partial charge in [0, 0.05) is 23.0 Å². The third-order valence-corrected chi connectivity index (χ3v) is 5.56. The van der Waals surface area contributed by atoms with E-state index in [1.807, 2.05) is 55.4 Å². The molecule has 0 aromatic rings. The summed E-state index contributed by atoms with van der Waals surface area (Å²) < 4.78 is 0. The zero-order valence-electron chi connectivity index (χ0n) is 24.5. The average molecular weight is 458 g/mol. The standard InChI is InChI=1S/C15H29NO3.C11H24.C2H6/c1-11(18)13(2,3)10-14(4,5)12(19)16-15(6,7)8-9-17;1-9(2)7-11(5,6)8-10(3)4;1-2/h17H,8-10H2,1-7H3,(H,16,19);9-10H,7-8H2,1-6H3;1-2H3. The number of aliphatic hydroxyl groups is 1. The summed E-state index contributed by atoms with van der Waals surface area (Å²) in [6, 6.07) is 0. The highest BCUT2D eigenvalue weighted by molar-refractivity contribution is 5.85. The van der Waals surface area contributed by atoms with Crippen LogP contribution in [0.3, 0.4) is 0 Å². The zero-order valence-corrected chi connectivity index (χ0v) is 24.5. The molecule has 0 aliphatic carbocycles. The van der Waals surface area contributed by atoms with Gasteiger partial charge in [-0.15, -0.1) is 0 Å². The number of ketones is 1. The molecule has 194 valence electrons. The van der Waals surface area contributed by atoms with Gasteiger partial charge in [-0.3, -0.25) is 9.59 Å². The highest BCUT2D eigenvalue weighted by Crippen LogP contribution is 2.35. The molecule has 0 saturated carbocycles. The molecule has 4 nitrogen and oxygen atoms in total. The van der Waals surface area contributed by atoms with Crippen LogP contribution in [0.25, 0.3) is 0 Å². The second kappa shape index (κ2) is 15.1. The van der Waals surface area contributed by atoms with Crippen LogP contribution in [0.15, 0.2) is 0 Å². The molecule has 0 aromatic heterocycles. The number of nitrogens with one attached hydrogen (secondary N) is 1. The molecule has 0 radical (unpaired) electrons. The summed E-state index contributed by atoms with van der Waals surface area (Å²) in [4.78, 5) is 23.9. The molecule has 4 heteroatoms. The van der Waals surface area contributed by atoms with Gasteiger partial charge >= 0.3 is 0 Å². The van der Waals surface area contributed by atoms with Crippen molar-refractivity contribution >= 4 is 11.7 Å². The monoisotopic (exact) mass is 457 g/mol. The maximum absolute atomic E-state index is 12.4. The first-order valence-electron chi connectivity index (χ1n) is 12.6. The Kier molecular flexibility index (Phi) is 16.8. The lowest BCUT2D eigenvalue weighted by Gasteiger charge is -2.35. The third-order valence-electron chi connectivity index (χ3n) is 5.56. The highest BCUT2D eigenvalue weighted by Gasteiger charge is 2.38. The van der Waals surface area contributed by atoms with Gasteiger partial charge in [0.25, 0.3) is 0 Å². The van der Waals surface area contributed by atoms with Gasteiger partial charge in [-0.1, -0.05) is 83.1 Å². The number of carbonyl (C=O) groups excluding carboxylic acids is 2. The molecular formula is C28H59NO3. The topological polar surface area (TPSA) is 66.4 Å². The maximum Gasteiger partial charge on any atom is 0.226 e. The molecule has 0 spiro atoms. The van der Waals surface area contributed by atoms with Gasteiger partial charge in [0.1, 0.15) is 5.78 Å². The molecule has 0 fully saturated rings. The lowest BCUT2D eigenvalue weighted by Crippen LogP contribution is -2.50. The van der Waals surface area contributed by atoms with E-state index in [2.05, 4.69) is 46.9 Å². The van der Waals surface area contributed by atoms with Gasteiger partial charge in [-0.25, -0.2) is 0 Å². The Bertz CT molecular complexity index is 517. The van der Waals surface area contributed by atoms with E-state index in [4.69, 9.17) is 5.11 Å². The van der Waals surface area contributed by atoms with Crippen LogP contribution >= 0.6 is 0 Å². The zero-order chi connectivity index (χ0) is 26.6. The minimum Gasteiger partial charge on any atom is -0.396 e. The maximum atomic E-state index is 12.4. The molecule has 0 aliphatic rings. The fourth-order valence-electron chi connectivity index (χ4n) is 4.42. The molecule has 0 bridgehead atoms. The first-order valence-corrected chi connectivity index (χ1v) is 12.6. The largest absolute Gasteiger partial charge is 0.396 e. The van der Waals surface area contributed by atoms with Gasteiger partial charge in [-0.05, 0) is 63.7 Å². The summed E-state index contributed by atoms with van der Waals surface area (Å²) in [5, 5.41) is 11.9. The Morgan fingerprint density at radius 2 is 1.16 bits per heavy atom. The van der Waals surface area contributed by atoms with Gasteiger partial charge in [-0.2, -0.15) is 0 Å². The predicted octanol–water partition coefficient (Wildman–Crippen LogP) is 7.43. The van der Waals surface area contributed by atoms with Crippen molar-refractivity contribution in [2.75, 3.05) is 6.61 Å². The summed E-state index contributed by atoms with van der Waals surface area (Å²) in [5.41, 5.74) is -1.03. The van der Waals surface area contributed by atoms with Crippen LogP contribution in [0.2, 0.25) is 0 Å². The van der Waals surface area contributed by atoms with Crippen molar-refractivity contribution in [3.63, 3.8) is 0 Å². The third kappa shape index (κ3) is 17.6. The van der Waals surface area contributed by atoms with E-state index in [9.17, 15) is 9.59 Å². The lowest BCUT2D eigenvalue weighted by molar-refractivity contribution is -0.135. The Hall–Kier alpha value is -0.900. The van der Waals surface area contributed by atoms with Crippen LogP contribution in [0, 0.1) is 28.1 Å². The van der Waals surface area contributed by atoms with E-state index >= 15 is 0 Å². The molecule has 0 heterocycles. The van der Waals surface area contributed by atoms with Crippen molar-refractivity contribution in [1.82, 2.24) is 5.32 Å². The number of hydrogen-bond acceptors (Lipinski definition) is 3. The number of Topliss-reactive ketones (excluding diaryl/α,β-unsaturated/α-hetero) is 1. The van der Waals surface area contributed by atoms with E-state index < -0.39 is 16.4 Å². The summed E-state index contributed by atoms with van der Waals surface area (Å²) in [7, 11) is 0. The van der Waals surface area contributed by atoms with Gasteiger partial charge in [0.2, 0.25) is 5.91 Å². The van der Waals surface area contributed by atoms with Gasteiger partial charge < -0.3 is 10.4 Å². The normalized spacial score (nSPS) is 12.6. The summed E-state index contributed by atoms with van der Waals surface area (Å²) in [5.74, 6) is 1.68. The van der Waals surface area contributed by atoms with Crippen LogP contribution in [0.1, 0.15) is 130 Å². The smallest absolute Gasteiger partial charge is 0.226 e. The number of rotatable bonds is 11. The van der Waals surface area contributed by atoms with Crippen molar-refractivity contribution in [2.24, 2.45) is 28.1 Å². The number of hydrogen-bond donors (Lipinski definition) is 2. The second-order valence-electron chi connectivity index (χ2n) is 12.7. The number of carbonyl (C=O) groups is 2. The molecule has 0 saturated heterocycles. The number of aliphatic hydroxyl groups excluding tert-OH is 1. The van der Waals surface area contributed by atoms with E-state index in [0.29, 0.717) is 18.3 Å². The Morgan fingerprint density at radius 3 is 1.44 bits per heavy atom. The molecule has 0 unspecified atom stereocenters. The Balaban J connectivity index is -0.000000549. The highest BCUT2D eigenvalue weighted by atomic mass is 16.3.